The number of hydrogen-bond donors (Lipinski definition) is 0. The molecule has 0 aliphatic heterocycles. The molecule has 2 aromatic heterocycles. The summed E-state index contributed by atoms with van der Waals surface area (Å²) in [6, 6.07) is 0. The zero-order valence-electron chi connectivity index (χ0n) is 6.83. The Hall–Kier alpha value is 0.121. The van der Waals surface area contributed by atoms with Crippen molar-refractivity contribution in [2.45, 2.75) is 0 Å². The summed E-state index contributed by atoms with van der Waals surface area (Å²) in [6.45, 7) is 0. The van der Waals surface area contributed by atoms with Crippen molar-refractivity contribution in [2.24, 2.45) is 0 Å². The van der Waals surface area contributed by atoms with Crippen LogP contribution in [-0.4, -0.2) is 26.5 Å². The SMILES string of the molecule is [B-](n1ccnc1)n1ccnc1.[K+]. The van der Waals surface area contributed by atoms with E-state index in [0.29, 0.717) is 0 Å². The molecular formula is C6H6BKN4. The molecule has 0 amide bonds. The molecule has 0 aliphatic rings. The first-order chi connectivity index (χ1) is 5.45. The smallest absolute Gasteiger partial charge is 0.555 e. The Morgan fingerprint density at radius 2 is 1.42 bits per heavy atom. The Balaban J connectivity index is 0.000000720. The molecule has 54 valence electrons. The topological polar surface area (TPSA) is 35.6 Å². The molecule has 0 saturated carbocycles. The van der Waals surface area contributed by atoms with Gasteiger partial charge < -0.3 is 8.96 Å². The van der Waals surface area contributed by atoms with Crippen molar-refractivity contribution in [1.29, 1.82) is 0 Å². The number of hydrogen-bond acceptors (Lipinski definition) is 2. The number of rotatable bonds is 2. The first-order valence-electron chi connectivity index (χ1n) is 3.25. The van der Waals surface area contributed by atoms with Crippen LogP contribution in [0.1, 0.15) is 0 Å². The summed E-state index contributed by atoms with van der Waals surface area (Å²) in [5.41, 5.74) is 0. The minimum absolute atomic E-state index is 0. The van der Waals surface area contributed by atoms with E-state index in [2.05, 4.69) is 9.97 Å². The zero-order chi connectivity index (χ0) is 7.52. The molecule has 2 aromatic rings. The van der Waals surface area contributed by atoms with Gasteiger partial charge in [0.15, 0.2) is 0 Å². The summed E-state index contributed by atoms with van der Waals surface area (Å²) < 4.78 is 3.70. The van der Waals surface area contributed by atoms with Crippen molar-refractivity contribution in [2.75, 3.05) is 0 Å². The van der Waals surface area contributed by atoms with Gasteiger partial charge in [-0.05, 0) is 12.4 Å². The van der Waals surface area contributed by atoms with E-state index in [1.165, 1.54) is 0 Å². The van der Waals surface area contributed by atoms with E-state index < -0.39 is 0 Å². The minimum atomic E-state index is 0. The fraction of sp³-hybridized carbons (Fsp3) is 0. The zero-order valence-corrected chi connectivity index (χ0v) is 9.95. The van der Waals surface area contributed by atoms with Crippen molar-refractivity contribution in [3.05, 3.63) is 37.4 Å². The van der Waals surface area contributed by atoms with Gasteiger partial charge in [0.25, 0.3) is 0 Å². The maximum atomic E-state index is 3.90. The molecule has 0 aliphatic carbocycles. The Bertz CT molecular complexity index is 272. The average Bonchev–Trinajstić information content (AvgIpc) is 2.60. The van der Waals surface area contributed by atoms with Crippen LogP contribution in [0, 0.1) is 0 Å². The van der Waals surface area contributed by atoms with Gasteiger partial charge in [0.2, 0.25) is 0 Å². The first-order valence-corrected chi connectivity index (χ1v) is 3.25. The molecule has 0 fully saturated rings. The molecule has 2 radical (unpaired) electrons. The van der Waals surface area contributed by atoms with Crippen LogP contribution in [0.15, 0.2) is 37.4 Å². The summed E-state index contributed by atoms with van der Waals surface area (Å²) >= 11 is 0. The second-order valence-electron chi connectivity index (χ2n) is 2.14. The third-order valence-electron chi connectivity index (χ3n) is 1.32. The number of aromatic nitrogens is 4. The van der Waals surface area contributed by atoms with Crippen molar-refractivity contribution >= 4 is 7.55 Å². The third kappa shape index (κ3) is 2.56. The predicted molar refractivity (Wildman–Crippen MR) is 41.0 cm³/mol. The van der Waals surface area contributed by atoms with Crippen molar-refractivity contribution in [3.63, 3.8) is 0 Å². The Morgan fingerprint density at radius 3 is 1.75 bits per heavy atom. The summed E-state index contributed by atoms with van der Waals surface area (Å²) in [5, 5.41) is 0. The van der Waals surface area contributed by atoms with Gasteiger partial charge in [0.1, 0.15) is 0 Å². The molecule has 4 nitrogen and oxygen atoms in total. The Kier molecular flexibility index (Phi) is 4.24. The van der Waals surface area contributed by atoms with Gasteiger partial charge in [-0.25, -0.2) is 9.97 Å². The summed E-state index contributed by atoms with van der Waals surface area (Å²) in [4.78, 5) is 7.80. The summed E-state index contributed by atoms with van der Waals surface area (Å²) in [6.07, 6.45) is 10.6. The van der Waals surface area contributed by atoms with Crippen LogP contribution in [0.25, 0.3) is 0 Å². The summed E-state index contributed by atoms with van der Waals surface area (Å²) in [5.74, 6) is 0. The van der Waals surface area contributed by atoms with E-state index in [1.807, 2.05) is 28.9 Å². The number of nitrogens with zero attached hydrogens (tertiary/aromatic N) is 4. The average molecular weight is 184 g/mol. The molecule has 6 heteroatoms. The minimum Gasteiger partial charge on any atom is -0.555 e. The maximum absolute atomic E-state index is 3.90. The van der Waals surface area contributed by atoms with Gasteiger partial charge in [-0.3, -0.25) is 0 Å². The van der Waals surface area contributed by atoms with Gasteiger partial charge >= 0.3 is 51.4 Å². The molecular weight excluding hydrogens is 178 g/mol. The molecule has 0 aromatic carbocycles. The fourth-order valence-electron chi connectivity index (χ4n) is 0.829. The van der Waals surface area contributed by atoms with Crippen molar-refractivity contribution in [3.8, 4) is 0 Å². The van der Waals surface area contributed by atoms with Crippen molar-refractivity contribution < 1.29 is 51.4 Å². The van der Waals surface area contributed by atoms with Crippen LogP contribution in [0.4, 0.5) is 0 Å². The largest absolute Gasteiger partial charge is 1.00 e. The molecule has 0 bridgehead atoms. The van der Waals surface area contributed by atoms with Gasteiger partial charge in [-0.1, -0.05) is 7.55 Å². The van der Waals surface area contributed by atoms with Gasteiger partial charge in [0, 0.05) is 12.4 Å². The predicted octanol–water partition coefficient (Wildman–Crippen LogP) is -2.99. The quantitative estimate of drug-likeness (QED) is 0.467. The molecule has 12 heavy (non-hydrogen) atoms. The molecule has 0 spiro atoms. The summed E-state index contributed by atoms with van der Waals surface area (Å²) in [7, 11) is 1.88. The maximum Gasteiger partial charge on any atom is 1.00 e. The van der Waals surface area contributed by atoms with E-state index in [4.69, 9.17) is 0 Å². The van der Waals surface area contributed by atoms with Gasteiger partial charge in [-0.2, -0.15) is 0 Å². The van der Waals surface area contributed by atoms with E-state index in [0.717, 1.165) is 0 Å². The Labute approximate surface area is 114 Å². The van der Waals surface area contributed by atoms with Crippen molar-refractivity contribution in [1.82, 2.24) is 18.9 Å². The normalized spacial score (nSPS) is 9.33. The fourth-order valence-corrected chi connectivity index (χ4v) is 0.829. The van der Waals surface area contributed by atoms with Crippen LogP contribution in [-0.2, 0) is 0 Å². The van der Waals surface area contributed by atoms with Crippen LogP contribution in [0.2, 0.25) is 0 Å². The molecule has 0 unspecified atom stereocenters. The Morgan fingerprint density at radius 1 is 0.917 bits per heavy atom. The monoisotopic (exact) mass is 184 g/mol. The standard InChI is InChI=1S/C6H6BN4.K/c1-3-10(5-8-1)7-11-4-2-9-6-11;/h1-6H;/q-1;+1. The van der Waals surface area contributed by atoms with E-state index in [1.54, 1.807) is 25.0 Å². The van der Waals surface area contributed by atoms with E-state index >= 15 is 0 Å². The van der Waals surface area contributed by atoms with Gasteiger partial charge in [-0.15, -0.1) is 0 Å². The van der Waals surface area contributed by atoms with Crippen LogP contribution in [0.3, 0.4) is 0 Å². The van der Waals surface area contributed by atoms with Crippen LogP contribution >= 0.6 is 0 Å². The van der Waals surface area contributed by atoms with Gasteiger partial charge in [0.05, 0.1) is 12.7 Å². The van der Waals surface area contributed by atoms with Crippen LogP contribution < -0.4 is 51.4 Å². The molecule has 2 rings (SSSR count). The molecule has 0 saturated heterocycles. The number of imidazole rings is 2. The van der Waals surface area contributed by atoms with E-state index in [-0.39, 0.29) is 51.4 Å². The molecule has 2 heterocycles. The van der Waals surface area contributed by atoms with E-state index in [9.17, 15) is 0 Å². The van der Waals surface area contributed by atoms with Crippen LogP contribution in [0.5, 0.6) is 0 Å². The first kappa shape index (κ1) is 10.2. The molecule has 0 N–H and O–H groups in total. The molecule has 0 atom stereocenters. The third-order valence-corrected chi connectivity index (χ3v) is 1.32. The second-order valence-corrected chi connectivity index (χ2v) is 2.14. The second kappa shape index (κ2) is 4.98.